The van der Waals surface area contributed by atoms with E-state index in [-0.39, 0.29) is 5.91 Å². The molecule has 2 aromatic rings. The quantitative estimate of drug-likeness (QED) is 0.692. The van der Waals surface area contributed by atoms with Gasteiger partial charge in [0.15, 0.2) is 0 Å². The Labute approximate surface area is 124 Å². The van der Waals surface area contributed by atoms with Crippen molar-refractivity contribution in [3.8, 4) is 5.75 Å². The minimum absolute atomic E-state index is 0.298. The van der Waals surface area contributed by atoms with Gasteiger partial charge in [-0.15, -0.1) is 0 Å². The first-order valence-corrected chi connectivity index (χ1v) is 6.65. The summed E-state index contributed by atoms with van der Waals surface area (Å²) < 4.78 is 5.15. The average Bonchev–Trinajstić information content (AvgIpc) is 2.49. The molecule has 4 nitrogen and oxygen atoms in total. The summed E-state index contributed by atoms with van der Waals surface area (Å²) in [5.74, 6) is 0.227. The van der Waals surface area contributed by atoms with Crippen molar-refractivity contribution in [3.63, 3.8) is 0 Å². The van der Waals surface area contributed by atoms with Crippen molar-refractivity contribution < 1.29 is 9.53 Å². The molecule has 0 spiro atoms. The van der Waals surface area contributed by atoms with Crippen molar-refractivity contribution in [2.45, 2.75) is 13.8 Å². The lowest BCUT2D eigenvalue weighted by molar-refractivity contribution is 0.0952. The van der Waals surface area contributed by atoms with Gasteiger partial charge in [0.1, 0.15) is 5.75 Å². The van der Waals surface area contributed by atoms with Gasteiger partial charge in [-0.05, 0) is 37.1 Å². The Kier molecular flexibility index (Phi) is 4.72. The molecule has 0 bridgehead atoms. The fourth-order valence-electron chi connectivity index (χ4n) is 2.02. The standard InChI is InChI=1S/C17H18N2O2/c1-12-8-9-14(13(2)10-12)11-18-19-17(20)15-6-4-5-7-16(15)21-3/h4-11H,1-3H3,(H,19,20). The second-order valence-corrected chi connectivity index (χ2v) is 4.76. The third-order valence-electron chi connectivity index (χ3n) is 3.15. The molecule has 0 fully saturated rings. The summed E-state index contributed by atoms with van der Waals surface area (Å²) in [7, 11) is 1.53. The highest BCUT2D eigenvalue weighted by atomic mass is 16.5. The number of para-hydroxylation sites is 1. The molecule has 0 saturated carbocycles. The van der Waals surface area contributed by atoms with Gasteiger partial charge < -0.3 is 4.74 Å². The fourth-order valence-corrected chi connectivity index (χ4v) is 2.02. The molecule has 1 N–H and O–H groups in total. The highest BCUT2D eigenvalue weighted by Crippen LogP contribution is 2.16. The van der Waals surface area contributed by atoms with E-state index in [9.17, 15) is 4.79 Å². The lowest BCUT2D eigenvalue weighted by Crippen LogP contribution is -2.18. The third kappa shape index (κ3) is 3.69. The van der Waals surface area contributed by atoms with E-state index >= 15 is 0 Å². The second kappa shape index (κ2) is 6.70. The summed E-state index contributed by atoms with van der Waals surface area (Å²) in [6.45, 7) is 4.05. The van der Waals surface area contributed by atoms with E-state index in [2.05, 4.69) is 16.6 Å². The largest absolute Gasteiger partial charge is 0.496 e. The minimum atomic E-state index is -0.298. The van der Waals surface area contributed by atoms with Crippen molar-refractivity contribution in [1.29, 1.82) is 0 Å². The number of hydrazone groups is 1. The van der Waals surface area contributed by atoms with Gasteiger partial charge >= 0.3 is 0 Å². The zero-order valence-electron chi connectivity index (χ0n) is 12.4. The SMILES string of the molecule is COc1ccccc1C(=O)NN=Cc1ccc(C)cc1C. The van der Waals surface area contributed by atoms with E-state index in [1.54, 1.807) is 24.4 Å². The van der Waals surface area contributed by atoms with Crippen LogP contribution in [0.4, 0.5) is 0 Å². The van der Waals surface area contributed by atoms with Crippen LogP contribution in [0.3, 0.4) is 0 Å². The lowest BCUT2D eigenvalue weighted by atomic mass is 10.1. The maximum absolute atomic E-state index is 12.0. The molecule has 0 aliphatic heterocycles. The Balaban J connectivity index is 2.08. The number of rotatable bonds is 4. The summed E-state index contributed by atoms with van der Waals surface area (Å²) in [5, 5.41) is 4.00. The van der Waals surface area contributed by atoms with Crippen LogP contribution in [0, 0.1) is 13.8 Å². The topological polar surface area (TPSA) is 50.7 Å². The van der Waals surface area contributed by atoms with E-state index in [1.165, 1.54) is 12.7 Å². The minimum Gasteiger partial charge on any atom is -0.496 e. The van der Waals surface area contributed by atoms with Crippen molar-refractivity contribution in [1.82, 2.24) is 5.43 Å². The van der Waals surface area contributed by atoms with E-state index in [0.29, 0.717) is 11.3 Å². The molecule has 1 amide bonds. The summed E-state index contributed by atoms with van der Waals surface area (Å²) in [4.78, 5) is 12.0. The molecule has 21 heavy (non-hydrogen) atoms. The number of nitrogens with one attached hydrogen (secondary N) is 1. The van der Waals surface area contributed by atoms with Crippen molar-refractivity contribution >= 4 is 12.1 Å². The van der Waals surface area contributed by atoms with Crippen LogP contribution in [0.15, 0.2) is 47.6 Å². The molecule has 4 heteroatoms. The van der Waals surface area contributed by atoms with Gasteiger partial charge in [0, 0.05) is 0 Å². The van der Waals surface area contributed by atoms with Crippen LogP contribution in [-0.2, 0) is 0 Å². The number of ether oxygens (including phenoxy) is 1. The van der Waals surface area contributed by atoms with E-state index in [0.717, 1.165) is 11.1 Å². The molecule has 0 saturated heterocycles. The van der Waals surface area contributed by atoms with Crippen LogP contribution < -0.4 is 10.2 Å². The van der Waals surface area contributed by atoms with Gasteiger partial charge in [-0.1, -0.05) is 35.9 Å². The summed E-state index contributed by atoms with van der Waals surface area (Å²) in [6.07, 6.45) is 1.64. The smallest absolute Gasteiger partial charge is 0.275 e. The van der Waals surface area contributed by atoms with Crippen molar-refractivity contribution in [2.75, 3.05) is 7.11 Å². The van der Waals surface area contributed by atoms with Gasteiger partial charge in [-0.25, -0.2) is 5.43 Å². The van der Waals surface area contributed by atoms with Crippen LogP contribution in [0.1, 0.15) is 27.0 Å². The molecule has 0 radical (unpaired) electrons. The predicted molar refractivity (Wildman–Crippen MR) is 84.0 cm³/mol. The molecule has 0 atom stereocenters. The number of carbonyl (C=O) groups is 1. The number of nitrogens with zero attached hydrogens (tertiary/aromatic N) is 1. The molecule has 0 aliphatic carbocycles. The molecule has 0 heterocycles. The number of hydrogen-bond donors (Lipinski definition) is 1. The number of benzene rings is 2. The van der Waals surface area contributed by atoms with Crippen LogP contribution in [0.25, 0.3) is 0 Å². The van der Waals surface area contributed by atoms with Gasteiger partial charge in [0.25, 0.3) is 5.91 Å². The second-order valence-electron chi connectivity index (χ2n) is 4.76. The predicted octanol–water partition coefficient (Wildman–Crippen LogP) is 3.08. The van der Waals surface area contributed by atoms with Crippen LogP contribution in [-0.4, -0.2) is 19.2 Å². The summed E-state index contributed by atoms with van der Waals surface area (Å²) in [6, 6.07) is 13.1. The first kappa shape index (κ1) is 14.8. The van der Waals surface area contributed by atoms with Gasteiger partial charge in [0.05, 0.1) is 18.9 Å². The normalized spacial score (nSPS) is 10.6. The lowest BCUT2D eigenvalue weighted by Gasteiger charge is -2.06. The Hall–Kier alpha value is -2.62. The first-order valence-electron chi connectivity index (χ1n) is 6.65. The molecular formula is C17H18N2O2. The maximum Gasteiger partial charge on any atom is 0.275 e. The van der Waals surface area contributed by atoms with Crippen LogP contribution >= 0.6 is 0 Å². The number of hydrogen-bond acceptors (Lipinski definition) is 3. The number of aryl methyl sites for hydroxylation is 2. The first-order chi connectivity index (χ1) is 10.1. The monoisotopic (exact) mass is 282 g/mol. The van der Waals surface area contributed by atoms with Crippen LogP contribution in [0.5, 0.6) is 5.75 Å². The summed E-state index contributed by atoms with van der Waals surface area (Å²) >= 11 is 0. The molecule has 108 valence electrons. The number of carbonyl (C=O) groups excluding carboxylic acids is 1. The Morgan fingerprint density at radius 3 is 2.67 bits per heavy atom. The third-order valence-corrected chi connectivity index (χ3v) is 3.15. The maximum atomic E-state index is 12.0. The Morgan fingerprint density at radius 2 is 1.95 bits per heavy atom. The molecule has 0 aromatic heterocycles. The molecular weight excluding hydrogens is 264 g/mol. The molecule has 0 unspecified atom stereocenters. The van der Waals surface area contributed by atoms with E-state index < -0.39 is 0 Å². The zero-order chi connectivity index (χ0) is 15.2. The number of methoxy groups -OCH3 is 1. The average molecular weight is 282 g/mol. The van der Waals surface area contributed by atoms with E-state index in [4.69, 9.17) is 4.74 Å². The van der Waals surface area contributed by atoms with Crippen molar-refractivity contribution in [3.05, 3.63) is 64.7 Å². The van der Waals surface area contributed by atoms with E-state index in [1.807, 2.05) is 32.0 Å². The number of amides is 1. The highest BCUT2D eigenvalue weighted by Gasteiger charge is 2.09. The highest BCUT2D eigenvalue weighted by molar-refractivity contribution is 5.97. The van der Waals surface area contributed by atoms with Gasteiger partial charge in [-0.3, -0.25) is 4.79 Å². The Morgan fingerprint density at radius 1 is 1.19 bits per heavy atom. The van der Waals surface area contributed by atoms with Gasteiger partial charge in [-0.2, -0.15) is 5.10 Å². The Bertz CT molecular complexity index is 678. The zero-order valence-corrected chi connectivity index (χ0v) is 12.4. The van der Waals surface area contributed by atoms with Gasteiger partial charge in [0.2, 0.25) is 0 Å². The summed E-state index contributed by atoms with van der Waals surface area (Å²) in [5.41, 5.74) is 6.26. The van der Waals surface area contributed by atoms with Crippen LogP contribution in [0.2, 0.25) is 0 Å². The van der Waals surface area contributed by atoms with Crippen molar-refractivity contribution in [2.24, 2.45) is 5.10 Å². The molecule has 2 rings (SSSR count). The fraction of sp³-hybridized carbons (Fsp3) is 0.176. The molecule has 0 aliphatic rings. The molecule has 2 aromatic carbocycles.